The molecule has 0 aromatic carbocycles. The Bertz CT molecular complexity index is 560. The lowest BCUT2D eigenvalue weighted by Crippen LogP contribution is -2.34. The molecule has 0 saturated carbocycles. The number of carbonyl (C=O) groups excluding carboxylic acids is 1. The number of aliphatic hydroxyl groups is 1. The van der Waals surface area contributed by atoms with E-state index in [1.807, 2.05) is 0 Å². The average molecular weight is 313 g/mol. The molecule has 1 aromatic rings. The van der Waals surface area contributed by atoms with Gasteiger partial charge in [0.25, 0.3) is 0 Å². The van der Waals surface area contributed by atoms with Gasteiger partial charge in [-0.05, 0) is 20.8 Å². The zero-order chi connectivity index (χ0) is 15.9. The Morgan fingerprint density at radius 1 is 1.50 bits per heavy atom. The molecule has 9 heteroatoms. The van der Waals surface area contributed by atoms with Crippen LogP contribution < -0.4 is 0 Å². The van der Waals surface area contributed by atoms with Crippen molar-refractivity contribution in [3.8, 4) is 0 Å². The zero-order valence-electron chi connectivity index (χ0n) is 12.6. The molecule has 0 spiro atoms. The summed E-state index contributed by atoms with van der Waals surface area (Å²) >= 11 is 0. The molecule has 0 aliphatic carbocycles. The molecule has 0 radical (unpaired) electrons. The average Bonchev–Trinajstić information content (AvgIpc) is 3.10. The maximum Gasteiger partial charge on any atom is 0.360 e. The Morgan fingerprint density at radius 3 is 2.95 bits per heavy atom. The number of nitrogens with zero attached hydrogens (tertiary/aromatic N) is 3. The quantitative estimate of drug-likeness (QED) is 0.766. The molecule has 2 fully saturated rings. The van der Waals surface area contributed by atoms with E-state index in [-0.39, 0.29) is 18.9 Å². The second kappa shape index (κ2) is 5.58. The number of ether oxygens (including phenoxy) is 4. The largest absolute Gasteiger partial charge is 0.461 e. The molecule has 22 heavy (non-hydrogen) atoms. The summed E-state index contributed by atoms with van der Waals surface area (Å²) in [6.45, 7) is 5.31. The lowest BCUT2D eigenvalue weighted by molar-refractivity contribution is -0.212. The van der Waals surface area contributed by atoms with Crippen molar-refractivity contribution in [1.82, 2.24) is 15.0 Å². The first-order chi connectivity index (χ1) is 10.4. The third kappa shape index (κ3) is 2.60. The van der Waals surface area contributed by atoms with Gasteiger partial charge in [-0.3, -0.25) is 0 Å². The van der Waals surface area contributed by atoms with Gasteiger partial charge in [0.1, 0.15) is 18.2 Å². The van der Waals surface area contributed by atoms with E-state index < -0.39 is 36.3 Å². The van der Waals surface area contributed by atoms with E-state index in [2.05, 4.69) is 10.3 Å². The summed E-state index contributed by atoms with van der Waals surface area (Å²) < 4.78 is 23.5. The number of aliphatic hydroxyl groups excluding tert-OH is 1. The Balaban J connectivity index is 1.84. The Hall–Kier alpha value is -1.55. The Labute approximate surface area is 127 Å². The fourth-order valence-electron chi connectivity index (χ4n) is 2.75. The van der Waals surface area contributed by atoms with Crippen LogP contribution in [0.4, 0.5) is 0 Å². The van der Waals surface area contributed by atoms with E-state index in [1.54, 1.807) is 20.8 Å². The van der Waals surface area contributed by atoms with Gasteiger partial charge >= 0.3 is 5.97 Å². The maximum absolute atomic E-state index is 11.7. The van der Waals surface area contributed by atoms with Crippen molar-refractivity contribution in [3.63, 3.8) is 0 Å². The van der Waals surface area contributed by atoms with Crippen LogP contribution in [0.3, 0.4) is 0 Å². The molecule has 9 nitrogen and oxygen atoms in total. The number of carbonyl (C=O) groups is 1. The predicted molar refractivity (Wildman–Crippen MR) is 70.8 cm³/mol. The van der Waals surface area contributed by atoms with Crippen LogP contribution in [0.25, 0.3) is 0 Å². The normalized spacial score (nSPS) is 32.9. The van der Waals surface area contributed by atoms with Crippen molar-refractivity contribution >= 4 is 5.97 Å². The molecule has 0 bridgehead atoms. The molecule has 1 aromatic heterocycles. The molecule has 2 saturated heterocycles. The number of fused-ring (bicyclic) bond motifs is 1. The van der Waals surface area contributed by atoms with E-state index in [9.17, 15) is 9.90 Å². The summed E-state index contributed by atoms with van der Waals surface area (Å²) in [5, 5.41) is 17.2. The van der Waals surface area contributed by atoms with Crippen molar-refractivity contribution in [3.05, 3.63) is 11.9 Å². The van der Waals surface area contributed by atoms with Crippen LogP contribution in [0, 0.1) is 0 Å². The van der Waals surface area contributed by atoms with Gasteiger partial charge in [0.15, 0.2) is 17.8 Å². The van der Waals surface area contributed by atoms with Gasteiger partial charge in [0.05, 0.1) is 19.4 Å². The third-order valence-electron chi connectivity index (χ3n) is 3.59. The third-order valence-corrected chi connectivity index (χ3v) is 3.59. The first-order valence-electron chi connectivity index (χ1n) is 7.16. The van der Waals surface area contributed by atoms with Crippen molar-refractivity contribution in [2.75, 3.05) is 13.2 Å². The van der Waals surface area contributed by atoms with Crippen LogP contribution in [0.2, 0.25) is 0 Å². The monoisotopic (exact) mass is 313 g/mol. The number of hydrogen-bond donors (Lipinski definition) is 1. The highest BCUT2D eigenvalue weighted by Crippen LogP contribution is 2.42. The minimum atomic E-state index is -0.779. The highest BCUT2D eigenvalue weighted by atomic mass is 16.8. The molecular weight excluding hydrogens is 294 g/mol. The fraction of sp³-hybridized carbons (Fsp3) is 0.769. The number of esters is 1. The lowest BCUT2D eigenvalue weighted by atomic mass is 10.1. The summed E-state index contributed by atoms with van der Waals surface area (Å²) in [5.74, 6) is -1.33. The molecule has 2 aliphatic rings. The summed E-state index contributed by atoms with van der Waals surface area (Å²) in [6, 6.07) is -0.438. The molecule has 2 aliphatic heterocycles. The van der Waals surface area contributed by atoms with Crippen LogP contribution >= 0.6 is 0 Å². The van der Waals surface area contributed by atoms with Gasteiger partial charge in [0.2, 0.25) is 0 Å². The molecule has 4 atom stereocenters. The van der Waals surface area contributed by atoms with Crippen LogP contribution in [0.15, 0.2) is 6.20 Å². The highest BCUT2D eigenvalue weighted by molar-refractivity contribution is 5.86. The van der Waals surface area contributed by atoms with Gasteiger partial charge < -0.3 is 24.1 Å². The first kappa shape index (κ1) is 15.3. The molecule has 0 amide bonds. The molecule has 0 unspecified atom stereocenters. The summed E-state index contributed by atoms with van der Waals surface area (Å²) in [7, 11) is 0. The van der Waals surface area contributed by atoms with Gasteiger partial charge in [-0.2, -0.15) is 0 Å². The maximum atomic E-state index is 11.7. The van der Waals surface area contributed by atoms with Gasteiger partial charge in [0, 0.05) is 0 Å². The van der Waals surface area contributed by atoms with E-state index in [0.29, 0.717) is 0 Å². The van der Waals surface area contributed by atoms with Crippen molar-refractivity contribution < 1.29 is 28.8 Å². The number of rotatable bonds is 4. The fourth-order valence-corrected chi connectivity index (χ4v) is 2.75. The van der Waals surface area contributed by atoms with E-state index >= 15 is 0 Å². The molecule has 122 valence electrons. The van der Waals surface area contributed by atoms with Gasteiger partial charge in [-0.15, -0.1) is 5.10 Å². The summed E-state index contributed by atoms with van der Waals surface area (Å²) in [5.41, 5.74) is 0.0974. The Morgan fingerprint density at radius 2 is 2.27 bits per heavy atom. The standard InChI is InChI=1S/C13H19N3O6/c1-4-19-11(18)7-5-16(15-14-7)9-8(6-17)20-12-10(9)21-13(2,3)22-12/h5,8-10,12,17H,4,6H2,1-3H3/t8-,9+,10-,12-/m1/s1. The minimum absolute atomic E-state index is 0.0974. The lowest BCUT2D eigenvalue weighted by Gasteiger charge is -2.24. The van der Waals surface area contributed by atoms with Gasteiger partial charge in [-0.25, -0.2) is 9.48 Å². The zero-order valence-corrected chi connectivity index (χ0v) is 12.6. The second-order valence-corrected chi connectivity index (χ2v) is 5.62. The topological polar surface area (TPSA) is 105 Å². The second-order valence-electron chi connectivity index (χ2n) is 5.62. The van der Waals surface area contributed by atoms with Crippen molar-refractivity contribution in [2.24, 2.45) is 0 Å². The van der Waals surface area contributed by atoms with E-state index in [0.717, 1.165) is 0 Å². The molecule has 3 rings (SSSR count). The first-order valence-corrected chi connectivity index (χ1v) is 7.16. The smallest absolute Gasteiger partial charge is 0.360 e. The summed E-state index contributed by atoms with van der Waals surface area (Å²) in [6.07, 6.45) is -0.120. The van der Waals surface area contributed by atoms with E-state index in [1.165, 1.54) is 10.9 Å². The van der Waals surface area contributed by atoms with Crippen LogP contribution in [0.5, 0.6) is 0 Å². The van der Waals surface area contributed by atoms with E-state index in [4.69, 9.17) is 18.9 Å². The van der Waals surface area contributed by atoms with Crippen molar-refractivity contribution in [2.45, 2.75) is 51.1 Å². The number of aromatic nitrogens is 3. The molecular formula is C13H19N3O6. The van der Waals surface area contributed by atoms with Crippen LogP contribution in [-0.2, 0) is 18.9 Å². The Kier molecular flexibility index (Phi) is 3.89. The van der Waals surface area contributed by atoms with Crippen LogP contribution in [-0.4, -0.2) is 63.6 Å². The SMILES string of the molecule is CCOC(=O)c1cn([C@@H]2[C@H]3OC(C)(C)O[C@H]3O[C@@H]2CO)nn1. The molecule has 1 N–H and O–H groups in total. The summed E-state index contributed by atoms with van der Waals surface area (Å²) in [4.78, 5) is 11.7. The molecule has 3 heterocycles. The highest BCUT2D eigenvalue weighted by Gasteiger charge is 2.55. The van der Waals surface area contributed by atoms with Gasteiger partial charge in [-0.1, -0.05) is 5.21 Å². The number of hydrogen-bond acceptors (Lipinski definition) is 8. The predicted octanol–water partition coefficient (Wildman–Crippen LogP) is -0.135. The minimum Gasteiger partial charge on any atom is -0.461 e. The van der Waals surface area contributed by atoms with Crippen molar-refractivity contribution in [1.29, 1.82) is 0 Å². The van der Waals surface area contributed by atoms with Crippen LogP contribution in [0.1, 0.15) is 37.3 Å².